The van der Waals surface area contributed by atoms with Crippen LogP contribution in [0, 0.1) is 5.82 Å². The van der Waals surface area contributed by atoms with Gasteiger partial charge in [-0.05, 0) is 28.6 Å². The zero-order valence-electron chi connectivity index (χ0n) is 10.1. The molecule has 0 radical (unpaired) electrons. The molecule has 19 heavy (non-hydrogen) atoms. The van der Waals surface area contributed by atoms with Crippen LogP contribution < -0.4 is 4.74 Å². The van der Waals surface area contributed by atoms with E-state index < -0.39 is 11.8 Å². The van der Waals surface area contributed by atoms with E-state index in [1.807, 2.05) is 0 Å². The van der Waals surface area contributed by atoms with Crippen LogP contribution >= 0.6 is 0 Å². The Morgan fingerprint density at radius 3 is 2.95 bits per heavy atom. The maximum atomic E-state index is 13.6. The van der Waals surface area contributed by atoms with E-state index in [4.69, 9.17) is 9.84 Å². The Hall–Kier alpha value is -2.51. The number of nitrogens with zero attached hydrogens (tertiary/aromatic N) is 4. The molecule has 1 aromatic heterocycles. The summed E-state index contributed by atoms with van der Waals surface area (Å²) in [6, 6.07) is 4.30. The molecule has 100 valence electrons. The van der Waals surface area contributed by atoms with Crippen LogP contribution in [-0.2, 0) is 11.3 Å². The highest BCUT2D eigenvalue weighted by Crippen LogP contribution is 2.23. The van der Waals surface area contributed by atoms with E-state index in [1.165, 1.54) is 23.9 Å². The van der Waals surface area contributed by atoms with Crippen molar-refractivity contribution in [2.45, 2.75) is 13.0 Å². The number of benzene rings is 1. The van der Waals surface area contributed by atoms with Crippen molar-refractivity contribution in [2.24, 2.45) is 0 Å². The van der Waals surface area contributed by atoms with E-state index in [1.54, 1.807) is 6.07 Å². The molecule has 0 saturated heterocycles. The van der Waals surface area contributed by atoms with Crippen molar-refractivity contribution in [1.82, 2.24) is 20.2 Å². The standard InChI is InChI=1S/C11H11FN4O3/c1-19-9-3-2-7(6-8(9)12)11-13-14-15-16(11)5-4-10(17)18/h2-3,6H,4-5H2,1H3,(H,17,18). The molecule has 2 aromatic rings. The summed E-state index contributed by atoms with van der Waals surface area (Å²) in [4.78, 5) is 10.5. The summed E-state index contributed by atoms with van der Waals surface area (Å²) in [5.74, 6) is -1.06. The number of aliphatic carboxylic acids is 1. The molecule has 8 heteroatoms. The minimum absolute atomic E-state index is 0.114. The molecule has 0 spiro atoms. The summed E-state index contributed by atoms with van der Waals surface area (Å²) >= 11 is 0. The predicted octanol–water partition coefficient (Wildman–Crippen LogP) is 0.962. The van der Waals surface area contributed by atoms with Crippen molar-refractivity contribution in [1.29, 1.82) is 0 Å². The fourth-order valence-corrected chi connectivity index (χ4v) is 1.57. The third kappa shape index (κ3) is 2.84. The van der Waals surface area contributed by atoms with Gasteiger partial charge in [-0.1, -0.05) is 0 Å². The van der Waals surface area contributed by atoms with Gasteiger partial charge in [-0.25, -0.2) is 9.07 Å². The Kier molecular flexibility index (Phi) is 3.69. The van der Waals surface area contributed by atoms with E-state index in [0.29, 0.717) is 11.4 Å². The summed E-state index contributed by atoms with van der Waals surface area (Å²) in [7, 11) is 1.37. The van der Waals surface area contributed by atoms with Crippen LogP contribution in [0.3, 0.4) is 0 Å². The largest absolute Gasteiger partial charge is 0.494 e. The Balaban J connectivity index is 2.29. The molecule has 0 unspecified atom stereocenters. The van der Waals surface area contributed by atoms with E-state index in [2.05, 4.69) is 15.5 Å². The lowest BCUT2D eigenvalue weighted by Gasteiger charge is -2.05. The van der Waals surface area contributed by atoms with Crippen molar-refractivity contribution in [2.75, 3.05) is 7.11 Å². The normalized spacial score (nSPS) is 10.4. The summed E-state index contributed by atoms with van der Waals surface area (Å²) in [5, 5.41) is 19.5. The second kappa shape index (κ2) is 5.42. The molecule has 0 fully saturated rings. The second-order valence-corrected chi connectivity index (χ2v) is 3.72. The molecule has 0 bridgehead atoms. The number of halogens is 1. The van der Waals surface area contributed by atoms with Crippen molar-refractivity contribution in [3.8, 4) is 17.1 Å². The highest BCUT2D eigenvalue weighted by atomic mass is 19.1. The van der Waals surface area contributed by atoms with E-state index in [0.717, 1.165) is 0 Å². The van der Waals surface area contributed by atoms with Gasteiger partial charge in [0, 0.05) is 5.56 Å². The summed E-state index contributed by atoms with van der Waals surface area (Å²) in [6.45, 7) is 0.116. The van der Waals surface area contributed by atoms with Crippen LogP contribution in [0.25, 0.3) is 11.4 Å². The summed E-state index contributed by atoms with van der Waals surface area (Å²) < 4.78 is 19.7. The first kappa shape index (κ1) is 12.9. The number of carbonyl (C=O) groups is 1. The van der Waals surface area contributed by atoms with Gasteiger partial charge < -0.3 is 9.84 Å². The molecular weight excluding hydrogens is 255 g/mol. The Morgan fingerprint density at radius 2 is 2.32 bits per heavy atom. The van der Waals surface area contributed by atoms with Crippen LogP contribution in [0.2, 0.25) is 0 Å². The average Bonchev–Trinajstić information content (AvgIpc) is 2.84. The van der Waals surface area contributed by atoms with Gasteiger partial charge in [-0.15, -0.1) is 5.10 Å². The maximum absolute atomic E-state index is 13.6. The lowest BCUT2D eigenvalue weighted by atomic mass is 10.2. The third-order valence-electron chi connectivity index (χ3n) is 2.48. The molecule has 1 N–H and O–H groups in total. The third-order valence-corrected chi connectivity index (χ3v) is 2.48. The number of aromatic nitrogens is 4. The topological polar surface area (TPSA) is 90.1 Å². The van der Waals surface area contributed by atoms with Gasteiger partial charge in [0.2, 0.25) is 0 Å². The van der Waals surface area contributed by atoms with Crippen LogP contribution in [0.4, 0.5) is 4.39 Å². The quantitative estimate of drug-likeness (QED) is 0.867. The number of aryl methyl sites for hydroxylation is 1. The molecule has 1 aromatic carbocycles. The number of hydrogen-bond acceptors (Lipinski definition) is 5. The zero-order chi connectivity index (χ0) is 13.8. The molecular formula is C11H11FN4O3. The number of methoxy groups -OCH3 is 1. The van der Waals surface area contributed by atoms with Crippen molar-refractivity contribution in [3.05, 3.63) is 24.0 Å². The molecule has 0 aliphatic carbocycles. The highest BCUT2D eigenvalue weighted by Gasteiger charge is 2.12. The first-order valence-electron chi connectivity index (χ1n) is 5.43. The van der Waals surface area contributed by atoms with Crippen molar-refractivity contribution in [3.63, 3.8) is 0 Å². The Bertz CT molecular complexity index is 599. The minimum atomic E-state index is -0.956. The van der Waals surface area contributed by atoms with Crippen molar-refractivity contribution >= 4 is 5.97 Å². The highest BCUT2D eigenvalue weighted by molar-refractivity contribution is 5.66. The first-order chi connectivity index (χ1) is 9.11. The lowest BCUT2D eigenvalue weighted by Crippen LogP contribution is -2.07. The monoisotopic (exact) mass is 266 g/mol. The molecule has 7 nitrogen and oxygen atoms in total. The number of rotatable bonds is 5. The molecule has 0 saturated carbocycles. The molecule has 2 rings (SSSR count). The van der Waals surface area contributed by atoms with E-state index in [-0.39, 0.29) is 18.7 Å². The second-order valence-electron chi connectivity index (χ2n) is 3.72. The lowest BCUT2D eigenvalue weighted by molar-refractivity contribution is -0.137. The van der Waals surface area contributed by atoms with Gasteiger partial charge >= 0.3 is 5.97 Å². The van der Waals surface area contributed by atoms with Crippen LogP contribution in [0.1, 0.15) is 6.42 Å². The zero-order valence-corrected chi connectivity index (χ0v) is 10.1. The number of ether oxygens (including phenoxy) is 1. The number of carboxylic acids is 1. The van der Waals surface area contributed by atoms with Crippen LogP contribution in [-0.4, -0.2) is 38.4 Å². The minimum Gasteiger partial charge on any atom is -0.494 e. The molecule has 0 aliphatic heterocycles. The molecule has 1 heterocycles. The number of tetrazole rings is 1. The molecule has 0 aliphatic rings. The average molecular weight is 266 g/mol. The van der Waals surface area contributed by atoms with Crippen LogP contribution in [0.5, 0.6) is 5.75 Å². The smallest absolute Gasteiger partial charge is 0.305 e. The van der Waals surface area contributed by atoms with Crippen molar-refractivity contribution < 1.29 is 19.0 Å². The van der Waals surface area contributed by atoms with Crippen LogP contribution in [0.15, 0.2) is 18.2 Å². The fourth-order valence-electron chi connectivity index (χ4n) is 1.57. The van der Waals surface area contributed by atoms with Gasteiger partial charge in [0.05, 0.1) is 20.1 Å². The van der Waals surface area contributed by atoms with Gasteiger partial charge in [0.15, 0.2) is 17.4 Å². The maximum Gasteiger partial charge on any atom is 0.305 e. The number of carboxylic acid groups (broad SMARTS) is 1. The van der Waals surface area contributed by atoms with Gasteiger partial charge in [-0.2, -0.15) is 0 Å². The van der Waals surface area contributed by atoms with Gasteiger partial charge in [0.25, 0.3) is 0 Å². The number of hydrogen-bond donors (Lipinski definition) is 1. The summed E-state index contributed by atoms with van der Waals surface area (Å²) in [5.41, 5.74) is 0.452. The predicted molar refractivity (Wildman–Crippen MR) is 62.0 cm³/mol. The first-order valence-corrected chi connectivity index (χ1v) is 5.43. The van der Waals surface area contributed by atoms with E-state index >= 15 is 0 Å². The Morgan fingerprint density at radius 1 is 1.53 bits per heavy atom. The van der Waals surface area contributed by atoms with Gasteiger partial charge in [-0.3, -0.25) is 4.79 Å². The van der Waals surface area contributed by atoms with Gasteiger partial charge in [0.1, 0.15) is 0 Å². The summed E-state index contributed by atoms with van der Waals surface area (Å²) in [6.07, 6.45) is -0.114. The molecule has 0 amide bonds. The van der Waals surface area contributed by atoms with E-state index in [9.17, 15) is 9.18 Å². The Labute approximate surface area is 107 Å². The fraction of sp³-hybridized carbons (Fsp3) is 0.273. The molecule has 0 atom stereocenters. The SMILES string of the molecule is COc1ccc(-c2nnnn2CCC(=O)O)cc1F.